The Labute approximate surface area is 110 Å². The van der Waals surface area contributed by atoms with Gasteiger partial charge in [0.25, 0.3) is 0 Å². The van der Waals surface area contributed by atoms with Crippen molar-refractivity contribution < 1.29 is 9.84 Å². The van der Waals surface area contributed by atoms with E-state index in [9.17, 15) is 5.11 Å². The van der Waals surface area contributed by atoms with Gasteiger partial charge in [0.2, 0.25) is 0 Å². The molecule has 2 heteroatoms. The minimum atomic E-state index is -0.0783. The molecule has 0 aliphatic carbocycles. The van der Waals surface area contributed by atoms with Gasteiger partial charge in [-0.3, -0.25) is 0 Å². The number of hydrogen-bond acceptors (Lipinski definition) is 2. The average Bonchev–Trinajstić information content (AvgIpc) is 2.59. The Kier molecular flexibility index (Phi) is 2.88. The summed E-state index contributed by atoms with van der Waals surface area (Å²) in [5.74, 6) is 1.42. The first-order chi connectivity index (χ1) is 8.12. The lowest BCUT2D eigenvalue weighted by Gasteiger charge is -2.29. The fourth-order valence-electron chi connectivity index (χ4n) is 2.71. The number of hydrogen-bond donors (Lipinski definition) is 1. The monoisotopic (exact) mass is 248 g/mol. The zero-order valence-electron chi connectivity index (χ0n) is 12.3. The molecule has 1 N–H and O–H groups in total. The average molecular weight is 248 g/mol. The highest BCUT2D eigenvalue weighted by molar-refractivity contribution is 5.58. The number of fused-ring (bicyclic) bond motifs is 1. The summed E-state index contributed by atoms with van der Waals surface area (Å²) in [4.78, 5) is 0. The fraction of sp³-hybridized carbons (Fsp3) is 0.625. The number of rotatable bonds is 0. The molecule has 1 aliphatic heterocycles. The molecular weight excluding hydrogens is 224 g/mol. The third kappa shape index (κ3) is 2.09. The summed E-state index contributed by atoms with van der Waals surface area (Å²) in [5, 5.41) is 10.7. The lowest BCUT2D eigenvalue weighted by Crippen LogP contribution is -2.18. The van der Waals surface area contributed by atoms with Crippen LogP contribution >= 0.6 is 0 Å². The van der Waals surface area contributed by atoms with Gasteiger partial charge in [0.1, 0.15) is 11.5 Å². The molecular formula is C16H24O2. The third-order valence-electron chi connectivity index (χ3n) is 3.53. The van der Waals surface area contributed by atoms with E-state index in [1.165, 1.54) is 5.56 Å². The van der Waals surface area contributed by atoms with Crippen LogP contribution in [0.2, 0.25) is 0 Å². The predicted molar refractivity (Wildman–Crippen MR) is 74.7 cm³/mol. The number of phenolic OH excluding ortho intramolecular Hbond substituents is 1. The Hall–Kier alpha value is -1.18. The Morgan fingerprint density at radius 2 is 1.67 bits per heavy atom. The molecule has 0 saturated carbocycles. The second kappa shape index (κ2) is 3.91. The zero-order valence-corrected chi connectivity index (χ0v) is 12.3. The summed E-state index contributed by atoms with van der Waals surface area (Å²) in [6, 6.07) is 2.02. The first kappa shape index (κ1) is 13.3. The van der Waals surface area contributed by atoms with Gasteiger partial charge in [0.05, 0.1) is 6.61 Å². The van der Waals surface area contributed by atoms with E-state index in [1.54, 1.807) is 0 Å². The van der Waals surface area contributed by atoms with E-state index in [1.807, 2.05) is 6.07 Å². The van der Waals surface area contributed by atoms with Crippen molar-refractivity contribution in [3.05, 3.63) is 22.8 Å². The van der Waals surface area contributed by atoms with Crippen LogP contribution in [-0.4, -0.2) is 11.7 Å². The van der Waals surface area contributed by atoms with Crippen molar-refractivity contribution in [3.8, 4) is 11.5 Å². The van der Waals surface area contributed by atoms with Crippen molar-refractivity contribution >= 4 is 0 Å². The van der Waals surface area contributed by atoms with Crippen molar-refractivity contribution in [2.45, 2.75) is 58.8 Å². The molecule has 0 saturated heterocycles. The molecule has 0 radical (unpaired) electrons. The molecule has 100 valence electrons. The minimum Gasteiger partial charge on any atom is -0.507 e. The van der Waals surface area contributed by atoms with E-state index in [0.29, 0.717) is 5.75 Å². The fourth-order valence-corrected chi connectivity index (χ4v) is 2.71. The van der Waals surface area contributed by atoms with Crippen LogP contribution in [0.1, 0.15) is 58.2 Å². The molecule has 0 atom stereocenters. The van der Waals surface area contributed by atoms with Gasteiger partial charge in [-0.25, -0.2) is 0 Å². The van der Waals surface area contributed by atoms with E-state index in [0.717, 1.165) is 29.9 Å². The molecule has 2 rings (SSSR count). The smallest absolute Gasteiger partial charge is 0.123 e. The van der Waals surface area contributed by atoms with Crippen molar-refractivity contribution in [1.29, 1.82) is 0 Å². The van der Waals surface area contributed by atoms with Crippen LogP contribution in [-0.2, 0) is 17.3 Å². The lowest BCUT2D eigenvalue weighted by molar-refractivity contribution is 0.354. The second-order valence-electron chi connectivity index (χ2n) is 7.22. The summed E-state index contributed by atoms with van der Waals surface area (Å²) in [6.07, 6.45) is 0.903. The molecule has 1 aromatic carbocycles. The summed E-state index contributed by atoms with van der Waals surface area (Å²) in [5.41, 5.74) is 3.08. The number of aromatic hydroxyl groups is 1. The highest BCUT2D eigenvalue weighted by atomic mass is 16.5. The molecule has 1 aliphatic rings. The number of benzene rings is 1. The Bertz CT molecular complexity index is 473. The molecule has 0 fully saturated rings. The Morgan fingerprint density at radius 3 is 2.17 bits per heavy atom. The van der Waals surface area contributed by atoms with Gasteiger partial charge in [-0.2, -0.15) is 0 Å². The molecule has 2 nitrogen and oxygen atoms in total. The number of ether oxygens (including phenoxy) is 1. The van der Waals surface area contributed by atoms with Crippen molar-refractivity contribution in [2.75, 3.05) is 6.61 Å². The van der Waals surface area contributed by atoms with Crippen LogP contribution in [0.5, 0.6) is 11.5 Å². The first-order valence-corrected chi connectivity index (χ1v) is 6.65. The maximum Gasteiger partial charge on any atom is 0.123 e. The van der Waals surface area contributed by atoms with Gasteiger partial charge >= 0.3 is 0 Å². The molecule has 1 aromatic rings. The predicted octanol–water partition coefficient (Wildman–Crippen LogP) is 3.92. The molecule has 0 bridgehead atoms. The normalized spacial score (nSPS) is 15.4. The van der Waals surface area contributed by atoms with Crippen molar-refractivity contribution in [1.82, 2.24) is 0 Å². The van der Waals surface area contributed by atoms with Crippen LogP contribution in [0.3, 0.4) is 0 Å². The molecule has 0 aromatic heterocycles. The summed E-state index contributed by atoms with van der Waals surface area (Å²) >= 11 is 0. The van der Waals surface area contributed by atoms with Crippen LogP contribution in [0.4, 0.5) is 0 Å². The van der Waals surface area contributed by atoms with Gasteiger partial charge in [-0.15, -0.1) is 0 Å². The van der Waals surface area contributed by atoms with Crippen LogP contribution in [0, 0.1) is 0 Å². The van der Waals surface area contributed by atoms with Crippen LogP contribution in [0.25, 0.3) is 0 Å². The van der Waals surface area contributed by atoms with Crippen LogP contribution < -0.4 is 4.74 Å². The molecule has 0 amide bonds. The zero-order chi connectivity index (χ0) is 13.7. The maximum atomic E-state index is 10.7. The van der Waals surface area contributed by atoms with Gasteiger partial charge in [0, 0.05) is 23.1 Å². The summed E-state index contributed by atoms with van der Waals surface area (Å²) < 4.78 is 5.71. The van der Waals surface area contributed by atoms with E-state index < -0.39 is 0 Å². The van der Waals surface area contributed by atoms with Gasteiger partial charge in [-0.1, -0.05) is 41.5 Å². The third-order valence-corrected chi connectivity index (χ3v) is 3.53. The largest absolute Gasteiger partial charge is 0.507 e. The topological polar surface area (TPSA) is 29.5 Å². The second-order valence-corrected chi connectivity index (χ2v) is 7.22. The molecule has 0 spiro atoms. The standard InChI is InChI=1S/C16H24O2/c1-15(2,3)11-9-12-10(7-8-18-12)13(14(11)17)16(4,5)6/h9,17H,7-8H2,1-6H3. The first-order valence-electron chi connectivity index (χ1n) is 6.65. The molecule has 0 unspecified atom stereocenters. The van der Waals surface area contributed by atoms with E-state index in [-0.39, 0.29) is 10.8 Å². The molecule has 18 heavy (non-hydrogen) atoms. The minimum absolute atomic E-state index is 0.0663. The van der Waals surface area contributed by atoms with Crippen molar-refractivity contribution in [2.24, 2.45) is 0 Å². The Balaban J connectivity index is 2.76. The SMILES string of the molecule is CC(C)(C)c1cc2c(c(C(C)(C)C)c1O)CCO2. The summed E-state index contributed by atoms with van der Waals surface area (Å²) in [7, 11) is 0. The maximum absolute atomic E-state index is 10.7. The highest BCUT2D eigenvalue weighted by Gasteiger charge is 2.32. The van der Waals surface area contributed by atoms with Gasteiger partial charge in [-0.05, 0) is 16.9 Å². The van der Waals surface area contributed by atoms with Gasteiger partial charge in [0.15, 0.2) is 0 Å². The van der Waals surface area contributed by atoms with E-state index >= 15 is 0 Å². The summed E-state index contributed by atoms with van der Waals surface area (Å²) in [6.45, 7) is 13.5. The van der Waals surface area contributed by atoms with E-state index in [2.05, 4.69) is 41.5 Å². The number of phenols is 1. The quantitative estimate of drug-likeness (QED) is 0.754. The Morgan fingerprint density at radius 1 is 1.06 bits per heavy atom. The lowest BCUT2D eigenvalue weighted by atomic mass is 9.77. The molecule has 1 heterocycles. The highest BCUT2D eigenvalue weighted by Crippen LogP contribution is 2.46. The van der Waals surface area contributed by atoms with Crippen LogP contribution in [0.15, 0.2) is 6.07 Å². The van der Waals surface area contributed by atoms with Crippen molar-refractivity contribution in [3.63, 3.8) is 0 Å². The van der Waals surface area contributed by atoms with E-state index in [4.69, 9.17) is 4.74 Å². The van der Waals surface area contributed by atoms with Gasteiger partial charge < -0.3 is 9.84 Å².